The molecule has 0 atom stereocenters. The Morgan fingerprint density at radius 2 is 1.60 bits per heavy atom. The molecule has 0 saturated carbocycles. The van der Waals surface area contributed by atoms with Crippen LogP contribution < -0.4 is 10.6 Å². The van der Waals surface area contributed by atoms with Gasteiger partial charge < -0.3 is 10.6 Å². The quantitative estimate of drug-likeness (QED) is 0.347. The van der Waals surface area contributed by atoms with Crippen molar-refractivity contribution in [3.8, 4) is 16.9 Å². The van der Waals surface area contributed by atoms with Crippen molar-refractivity contribution < 1.29 is 0 Å². The molecule has 1 heterocycles. The zero-order valence-electron chi connectivity index (χ0n) is 15.8. The number of hydrogen-bond donors (Lipinski definition) is 2. The fourth-order valence-corrected chi connectivity index (χ4v) is 3.56. The molecule has 4 nitrogen and oxygen atoms in total. The zero-order chi connectivity index (χ0) is 20.9. The second-order valence-corrected chi connectivity index (χ2v) is 7.75. The summed E-state index contributed by atoms with van der Waals surface area (Å²) in [7, 11) is 0. The summed E-state index contributed by atoms with van der Waals surface area (Å²) >= 11 is 17.8. The van der Waals surface area contributed by atoms with Crippen LogP contribution in [-0.2, 0) is 6.54 Å². The fraction of sp³-hybridized carbons (Fsp3) is 0.0435. The first kappa shape index (κ1) is 20.4. The summed E-state index contributed by atoms with van der Waals surface area (Å²) in [4.78, 5) is 0. The highest BCUT2D eigenvalue weighted by atomic mass is 35.5. The van der Waals surface area contributed by atoms with E-state index in [0.717, 1.165) is 22.5 Å². The minimum atomic E-state index is 0.435. The van der Waals surface area contributed by atoms with Crippen LogP contribution in [0, 0.1) is 0 Å². The lowest BCUT2D eigenvalue weighted by atomic mass is 10.1. The number of halogens is 2. The van der Waals surface area contributed by atoms with Gasteiger partial charge in [0.05, 0.1) is 27.1 Å². The van der Waals surface area contributed by atoms with Gasteiger partial charge in [0.15, 0.2) is 5.11 Å². The van der Waals surface area contributed by atoms with E-state index in [1.165, 1.54) is 0 Å². The summed E-state index contributed by atoms with van der Waals surface area (Å²) in [5.41, 5.74) is 4.61. The molecule has 4 rings (SSSR count). The molecule has 0 aliphatic heterocycles. The van der Waals surface area contributed by atoms with Crippen LogP contribution in [0.1, 0.15) is 5.56 Å². The van der Waals surface area contributed by atoms with Crippen molar-refractivity contribution in [2.24, 2.45) is 0 Å². The topological polar surface area (TPSA) is 41.9 Å². The van der Waals surface area contributed by atoms with Gasteiger partial charge in [0, 0.05) is 23.9 Å². The molecule has 0 aliphatic rings. The van der Waals surface area contributed by atoms with Crippen LogP contribution in [0.15, 0.2) is 85.1 Å². The number of anilines is 1. The number of nitrogens with one attached hydrogen (secondary N) is 2. The molecule has 0 aliphatic carbocycles. The van der Waals surface area contributed by atoms with E-state index in [1.54, 1.807) is 6.07 Å². The Hall–Kier alpha value is -2.86. The molecule has 1 aromatic heterocycles. The van der Waals surface area contributed by atoms with Crippen molar-refractivity contribution in [3.05, 3.63) is 101 Å². The van der Waals surface area contributed by atoms with Gasteiger partial charge in [-0.2, -0.15) is 5.10 Å². The lowest BCUT2D eigenvalue weighted by molar-refractivity contribution is 0.879. The highest BCUT2D eigenvalue weighted by molar-refractivity contribution is 7.80. The predicted molar refractivity (Wildman–Crippen MR) is 129 cm³/mol. The largest absolute Gasteiger partial charge is 0.358 e. The number of para-hydroxylation sites is 1. The second-order valence-electron chi connectivity index (χ2n) is 6.56. The molecule has 0 amide bonds. The molecule has 4 aromatic rings. The Bertz CT molecular complexity index is 1160. The first-order chi connectivity index (χ1) is 14.6. The Kier molecular flexibility index (Phi) is 6.33. The summed E-state index contributed by atoms with van der Waals surface area (Å²) in [5, 5.41) is 12.5. The fourth-order valence-electron chi connectivity index (χ4n) is 3.03. The number of hydrogen-bond acceptors (Lipinski definition) is 2. The lowest BCUT2D eigenvalue weighted by Gasteiger charge is -2.12. The number of benzene rings is 3. The van der Waals surface area contributed by atoms with Crippen LogP contribution in [0.25, 0.3) is 16.9 Å². The molecule has 0 unspecified atom stereocenters. The summed E-state index contributed by atoms with van der Waals surface area (Å²) in [6.07, 6.45) is 2.01. The molecule has 7 heteroatoms. The third-order valence-electron chi connectivity index (χ3n) is 4.50. The molecule has 0 bridgehead atoms. The minimum absolute atomic E-state index is 0.435. The molecule has 0 radical (unpaired) electrons. The molecule has 150 valence electrons. The van der Waals surface area contributed by atoms with E-state index in [1.807, 2.05) is 83.7 Å². The molecule has 0 spiro atoms. The van der Waals surface area contributed by atoms with Gasteiger partial charge in [0.2, 0.25) is 0 Å². The van der Waals surface area contributed by atoms with E-state index in [9.17, 15) is 0 Å². The number of aromatic nitrogens is 2. The SMILES string of the molecule is S=C(NCc1cn(-c2ccccc2)nc1-c1ccccc1)Nc1cccc(Cl)c1Cl. The third kappa shape index (κ3) is 4.65. The molecule has 0 fully saturated rings. The summed E-state index contributed by atoms with van der Waals surface area (Å²) in [6.45, 7) is 0.501. The van der Waals surface area contributed by atoms with E-state index in [4.69, 9.17) is 40.5 Å². The summed E-state index contributed by atoms with van der Waals surface area (Å²) in [6, 6.07) is 25.5. The Morgan fingerprint density at radius 3 is 2.33 bits per heavy atom. The average Bonchev–Trinajstić information content (AvgIpc) is 3.21. The van der Waals surface area contributed by atoms with Crippen molar-refractivity contribution >= 4 is 46.2 Å². The Morgan fingerprint density at radius 1 is 0.900 bits per heavy atom. The highest BCUT2D eigenvalue weighted by Gasteiger charge is 2.13. The van der Waals surface area contributed by atoms with E-state index in [2.05, 4.69) is 10.6 Å². The molecule has 3 aromatic carbocycles. The van der Waals surface area contributed by atoms with E-state index >= 15 is 0 Å². The van der Waals surface area contributed by atoms with Gasteiger partial charge in [-0.15, -0.1) is 0 Å². The van der Waals surface area contributed by atoms with Crippen molar-refractivity contribution in [1.82, 2.24) is 15.1 Å². The van der Waals surface area contributed by atoms with Crippen molar-refractivity contribution in [3.63, 3.8) is 0 Å². The normalized spacial score (nSPS) is 10.6. The molecule has 30 heavy (non-hydrogen) atoms. The van der Waals surface area contributed by atoms with E-state index in [-0.39, 0.29) is 0 Å². The van der Waals surface area contributed by atoms with Gasteiger partial charge >= 0.3 is 0 Å². The average molecular weight is 453 g/mol. The van der Waals surface area contributed by atoms with Gasteiger partial charge in [-0.25, -0.2) is 4.68 Å². The van der Waals surface area contributed by atoms with Gasteiger partial charge in [-0.3, -0.25) is 0 Å². The van der Waals surface area contributed by atoms with Crippen LogP contribution in [-0.4, -0.2) is 14.9 Å². The summed E-state index contributed by atoms with van der Waals surface area (Å²) in [5.74, 6) is 0. The van der Waals surface area contributed by atoms with Crippen molar-refractivity contribution in [2.75, 3.05) is 5.32 Å². The van der Waals surface area contributed by atoms with Gasteiger partial charge in [0.25, 0.3) is 0 Å². The van der Waals surface area contributed by atoms with Gasteiger partial charge in [-0.05, 0) is 36.5 Å². The minimum Gasteiger partial charge on any atom is -0.358 e. The van der Waals surface area contributed by atoms with Crippen molar-refractivity contribution in [1.29, 1.82) is 0 Å². The maximum atomic E-state index is 6.24. The lowest BCUT2D eigenvalue weighted by Crippen LogP contribution is -2.28. The Balaban J connectivity index is 1.56. The van der Waals surface area contributed by atoms with Crippen LogP contribution in [0.2, 0.25) is 10.0 Å². The maximum absolute atomic E-state index is 6.24. The third-order valence-corrected chi connectivity index (χ3v) is 5.56. The van der Waals surface area contributed by atoms with E-state index in [0.29, 0.717) is 27.4 Å². The Labute approximate surface area is 190 Å². The first-order valence-corrected chi connectivity index (χ1v) is 10.5. The van der Waals surface area contributed by atoms with Crippen LogP contribution >= 0.6 is 35.4 Å². The number of thiocarbonyl (C=S) groups is 1. The molecular formula is C23H18Cl2N4S. The first-order valence-electron chi connectivity index (χ1n) is 9.30. The number of nitrogens with zero attached hydrogens (tertiary/aromatic N) is 2. The monoisotopic (exact) mass is 452 g/mol. The predicted octanol–water partition coefficient (Wildman–Crippen LogP) is 6.33. The highest BCUT2D eigenvalue weighted by Crippen LogP contribution is 2.29. The van der Waals surface area contributed by atoms with E-state index < -0.39 is 0 Å². The van der Waals surface area contributed by atoms with Crippen LogP contribution in [0.5, 0.6) is 0 Å². The van der Waals surface area contributed by atoms with Gasteiger partial charge in [-0.1, -0.05) is 77.8 Å². The maximum Gasteiger partial charge on any atom is 0.171 e. The smallest absolute Gasteiger partial charge is 0.171 e. The number of rotatable bonds is 5. The van der Waals surface area contributed by atoms with Crippen LogP contribution in [0.3, 0.4) is 0 Å². The second kappa shape index (κ2) is 9.30. The van der Waals surface area contributed by atoms with Crippen molar-refractivity contribution in [2.45, 2.75) is 6.54 Å². The molecule has 0 saturated heterocycles. The van der Waals surface area contributed by atoms with Gasteiger partial charge in [0.1, 0.15) is 0 Å². The summed E-state index contributed by atoms with van der Waals surface area (Å²) < 4.78 is 1.88. The zero-order valence-corrected chi connectivity index (χ0v) is 18.2. The van der Waals surface area contributed by atoms with Crippen LogP contribution in [0.4, 0.5) is 5.69 Å². The molecule has 2 N–H and O–H groups in total. The molecular weight excluding hydrogens is 435 g/mol. The standard InChI is InChI=1S/C23H18Cl2N4S/c24-19-12-7-13-20(21(19)25)27-23(30)26-14-17-15-29(18-10-5-2-6-11-18)28-22(17)16-8-3-1-4-9-16/h1-13,15H,14H2,(H2,26,27,30).